The Morgan fingerprint density at radius 3 is 2.81 bits per heavy atom. The Bertz CT molecular complexity index is 708. The van der Waals surface area contributed by atoms with Crippen molar-refractivity contribution in [3.8, 4) is 5.75 Å². The van der Waals surface area contributed by atoms with E-state index in [4.69, 9.17) is 16.3 Å². The molecule has 0 aliphatic carbocycles. The minimum Gasteiger partial charge on any atom is -0.489 e. The molecule has 1 aliphatic heterocycles. The highest BCUT2D eigenvalue weighted by Crippen LogP contribution is 2.25. The highest BCUT2D eigenvalue weighted by molar-refractivity contribution is 9.10. The Kier molecular flexibility index (Phi) is 7.38. The maximum atomic E-state index is 6.07. The molecule has 1 saturated heterocycles. The van der Waals surface area contributed by atoms with Gasteiger partial charge >= 0.3 is 0 Å². The third kappa shape index (κ3) is 5.46. The molecule has 0 saturated carbocycles. The zero-order valence-corrected chi connectivity index (χ0v) is 17.5. The van der Waals surface area contributed by atoms with Crippen LogP contribution in [0.5, 0.6) is 5.75 Å². The number of benzene rings is 2. The molecular weight excluding hydrogens is 412 g/mol. The molecule has 1 fully saturated rings. The van der Waals surface area contributed by atoms with Gasteiger partial charge in [-0.25, -0.2) is 0 Å². The normalized spacial score (nSPS) is 17.6. The molecule has 1 heterocycles. The zero-order chi connectivity index (χ0) is 18.4. The number of likely N-dealkylation sites (N-methyl/N-ethyl adjacent to an activating group) is 1. The third-order valence-electron chi connectivity index (χ3n) is 4.93. The SMILES string of the molecule is CCN1CCC[C@@H]1CNCc1cc(Br)ccc1OCc1ccc(Cl)cc1. The second-order valence-corrected chi connectivity index (χ2v) is 8.07. The van der Waals surface area contributed by atoms with Gasteiger partial charge in [-0.05, 0) is 61.8 Å². The van der Waals surface area contributed by atoms with Crippen molar-refractivity contribution >= 4 is 27.5 Å². The minimum absolute atomic E-state index is 0.540. The summed E-state index contributed by atoms with van der Waals surface area (Å²) in [6, 6.07) is 14.6. The maximum absolute atomic E-state index is 6.07. The third-order valence-corrected chi connectivity index (χ3v) is 5.68. The first-order valence-electron chi connectivity index (χ1n) is 9.26. The van der Waals surface area contributed by atoms with E-state index in [-0.39, 0.29) is 0 Å². The second-order valence-electron chi connectivity index (χ2n) is 6.72. The molecule has 1 atom stereocenters. The second kappa shape index (κ2) is 9.75. The van der Waals surface area contributed by atoms with Crippen LogP contribution < -0.4 is 10.1 Å². The summed E-state index contributed by atoms with van der Waals surface area (Å²) < 4.78 is 7.14. The van der Waals surface area contributed by atoms with Gasteiger partial charge in [0.15, 0.2) is 0 Å². The van der Waals surface area contributed by atoms with Crippen LogP contribution in [0.4, 0.5) is 0 Å². The van der Waals surface area contributed by atoms with E-state index in [9.17, 15) is 0 Å². The molecule has 1 N–H and O–H groups in total. The van der Waals surface area contributed by atoms with Gasteiger partial charge in [0.1, 0.15) is 12.4 Å². The smallest absolute Gasteiger partial charge is 0.124 e. The first-order valence-corrected chi connectivity index (χ1v) is 10.4. The lowest BCUT2D eigenvalue weighted by atomic mass is 10.1. The molecule has 5 heteroatoms. The molecule has 0 radical (unpaired) electrons. The average molecular weight is 438 g/mol. The van der Waals surface area contributed by atoms with Crippen LogP contribution in [-0.2, 0) is 13.2 Å². The van der Waals surface area contributed by atoms with Crippen LogP contribution in [0.25, 0.3) is 0 Å². The van der Waals surface area contributed by atoms with Crippen molar-refractivity contribution < 1.29 is 4.74 Å². The molecule has 0 unspecified atom stereocenters. The summed E-state index contributed by atoms with van der Waals surface area (Å²) in [5.41, 5.74) is 2.29. The lowest BCUT2D eigenvalue weighted by molar-refractivity contribution is 0.259. The van der Waals surface area contributed by atoms with Crippen LogP contribution in [0, 0.1) is 0 Å². The quantitative estimate of drug-likeness (QED) is 0.610. The molecule has 2 aromatic carbocycles. The molecule has 26 heavy (non-hydrogen) atoms. The van der Waals surface area contributed by atoms with E-state index in [1.807, 2.05) is 36.4 Å². The Hall–Kier alpha value is -1.07. The lowest BCUT2D eigenvalue weighted by Gasteiger charge is -2.23. The predicted molar refractivity (Wildman–Crippen MR) is 112 cm³/mol. The molecule has 0 bridgehead atoms. The van der Waals surface area contributed by atoms with Gasteiger partial charge in [0.05, 0.1) is 0 Å². The summed E-state index contributed by atoms with van der Waals surface area (Å²) in [5.74, 6) is 0.925. The molecule has 0 aromatic heterocycles. The Labute approximate surface area is 169 Å². The van der Waals surface area contributed by atoms with E-state index in [0.717, 1.165) is 40.4 Å². The lowest BCUT2D eigenvalue weighted by Crippen LogP contribution is -2.37. The fourth-order valence-electron chi connectivity index (χ4n) is 3.48. The highest BCUT2D eigenvalue weighted by Gasteiger charge is 2.22. The van der Waals surface area contributed by atoms with Crippen LogP contribution in [0.3, 0.4) is 0 Å². The average Bonchev–Trinajstić information content (AvgIpc) is 3.10. The number of likely N-dealkylation sites (tertiary alicyclic amines) is 1. The largest absolute Gasteiger partial charge is 0.489 e. The maximum Gasteiger partial charge on any atom is 0.124 e. The topological polar surface area (TPSA) is 24.5 Å². The predicted octanol–water partition coefficient (Wildman–Crippen LogP) is 5.26. The van der Waals surface area contributed by atoms with E-state index < -0.39 is 0 Å². The van der Waals surface area contributed by atoms with Gasteiger partial charge in [-0.15, -0.1) is 0 Å². The Morgan fingerprint density at radius 1 is 1.23 bits per heavy atom. The zero-order valence-electron chi connectivity index (χ0n) is 15.2. The number of rotatable bonds is 8. The van der Waals surface area contributed by atoms with Crippen molar-refractivity contribution in [1.82, 2.24) is 10.2 Å². The van der Waals surface area contributed by atoms with E-state index >= 15 is 0 Å². The molecule has 3 nitrogen and oxygen atoms in total. The number of nitrogens with one attached hydrogen (secondary N) is 1. The number of hydrogen-bond acceptors (Lipinski definition) is 3. The van der Waals surface area contributed by atoms with Crippen LogP contribution in [-0.4, -0.2) is 30.6 Å². The standard InChI is InChI=1S/C21H26BrClN2O/c1-2-25-11-3-4-20(25)14-24-13-17-12-18(22)7-10-21(17)26-15-16-5-8-19(23)9-6-16/h5-10,12,20,24H,2-4,11,13-15H2,1H3/t20-/m1/s1. The summed E-state index contributed by atoms with van der Waals surface area (Å²) in [6.07, 6.45) is 2.60. The number of halogens is 2. The molecule has 2 aromatic rings. The van der Waals surface area contributed by atoms with Crippen molar-refractivity contribution in [2.45, 2.75) is 39.0 Å². The summed E-state index contributed by atoms with van der Waals surface area (Å²) in [5, 5.41) is 4.37. The monoisotopic (exact) mass is 436 g/mol. The van der Waals surface area contributed by atoms with Crippen molar-refractivity contribution in [3.05, 3.63) is 63.1 Å². The van der Waals surface area contributed by atoms with Crippen LogP contribution in [0.2, 0.25) is 5.02 Å². The first kappa shape index (κ1) is 19.7. The van der Waals surface area contributed by atoms with Crippen molar-refractivity contribution in [2.75, 3.05) is 19.6 Å². The van der Waals surface area contributed by atoms with Gasteiger partial charge in [-0.3, -0.25) is 4.90 Å². The first-order chi connectivity index (χ1) is 12.7. The van der Waals surface area contributed by atoms with E-state index in [1.165, 1.54) is 24.9 Å². The molecule has 1 aliphatic rings. The molecule has 3 rings (SSSR count). The van der Waals surface area contributed by atoms with E-state index in [2.05, 4.69) is 39.1 Å². The molecule has 0 spiro atoms. The van der Waals surface area contributed by atoms with E-state index in [1.54, 1.807) is 0 Å². The molecular formula is C21H26BrClN2O. The summed E-state index contributed by atoms with van der Waals surface area (Å²) >= 11 is 9.52. The highest BCUT2D eigenvalue weighted by atomic mass is 79.9. The fourth-order valence-corrected chi connectivity index (χ4v) is 4.02. The minimum atomic E-state index is 0.540. The summed E-state index contributed by atoms with van der Waals surface area (Å²) in [4.78, 5) is 2.56. The van der Waals surface area contributed by atoms with Crippen molar-refractivity contribution in [1.29, 1.82) is 0 Å². The molecule has 140 valence electrons. The van der Waals surface area contributed by atoms with Gasteiger partial charge in [0, 0.05) is 34.2 Å². The summed E-state index contributed by atoms with van der Waals surface area (Å²) in [6.45, 7) is 6.99. The Balaban J connectivity index is 1.57. The van der Waals surface area contributed by atoms with Crippen LogP contribution >= 0.6 is 27.5 Å². The van der Waals surface area contributed by atoms with Crippen molar-refractivity contribution in [2.24, 2.45) is 0 Å². The number of ether oxygens (including phenoxy) is 1. The van der Waals surface area contributed by atoms with Gasteiger partial charge in [0.25, 0.3) is 0 Å². The Morgan fingerprint density at radius 2 is 2.04 bits per heavy atom. The van der Waals surface area contributed by atoms with Crippen LogP contribution in [0.15, 0.2) is 46.9 Å². The van der Waals surface area contributed by atoms with Crippen molar-refractivity contribution in [3.63, 3.8) is 0 Å². The summed E-state index contributed by atoms with van der Waals surface area (Å²) in [7, 11) is 0. The van der Waals surface area contributed by atoms with E-state index in [0.29, 0.717) is 12.6 Å². The fraction of sp³-hybridized carbons (Fsp3) is 0.429. The van der Waals surface area contributed by atoms with Gasteiger partial charge in [0.2, 0.25) is 0 Å². The van der Waals surface area contributed by atoms with Gasteiger partial charge in [-0.1, -0.05) is 46.6 Å². The van der Waals surface area contributed by atoms with Gasteiger partial charge < -0.3 is 10.1 Å². The molecule has 0 amide bonds. The van der Waals surface area contributed by atoms with Gasteiger partial charge in [-0.2, -0.15) is 0 Å². The van der Waals surface area contributed by atoms with Crippen LogP contribution in [0.1, 0.15) is 30.9 Å². The number of hydrogen-bond donors (Lipinski definition) is 1. The number of nitrogens with zero attached hydrogens (tertiary/aromatic N) is 1.